The Kier molecular flexibility index (Phi) is 6.53. The van der Waals surface area contributed by atoms with Gasteiger partial charge in [0, 0.05) is 21.7 Å². The molecule has 0 radical (unpaired) electrons. The van der Waals surface area contributed by atoms with Gasteiger partial charge in [-0.15, -0.1) is 0 Å². The van der Waals surface area contributed by atoms with Crippen LogP contribution >= 0.6 is 23.2 Å². The standard InChI is InChI=1S/C18H16Cl2O4/c1-12-10-15(4-5-16(12)20)23-8-9-24-17-6-3-14(19)11-13(17)2-7-18(21)22/h2-7,10-11H,8-9H2,1H3,(H,21,22). The minimum Gasteiger partial charge on any atom is -0.490 e. The molecule has 0 heterocycles. The van der Waals surface area contributed by atoms with E-state index in [0.29, 0.717) is 40.3 Å². The molecule has 2 aromatic rings. The van der Waals surface area contributed by atoms with Gasteiger partial charge in [0.05, 0.1) is 0 Å². The largest absolute Gasteiger partial charge is 0.490 e. The molecule has 126 valence electrons. The van der Waals surface area contributed by atoms with Gasteiger partial charge in [-0.25, -0.2) is 4.79 Å². The maximum Gasteiger partial charge on any atom is 0.328 e. The SMILES string of the molecule is Cc1cc(OCCOc2ccc(Cl)cc2C=CC(=O)O)ccc1Cl. The number of hydrogen-bond donors (Lipinski definition) is 1. The van der Waals surface area contributed by atoms with Crippen molar-refractivity contribution in [3.63, 3.8) is 0 Å². The summed E-state index contributed by atoms with van der Waals surface area (Å²) in [6, 6.07) is 10.4. The zero-order valence-electron chi connectivity index (χ0n) is 13.0. The molecular formula is C18H16Cl2O4. The highest BCUT2D eigenvalue weighted by molar-refractivity contribution is 6.31. The van der Waals surface area contributed by atoms with Crippen molar-refractivity contribution in [2.75, 3.05) is 13.2 Å². The zero-order chi connectivity index (χ0) is 17.5. The molecule has 6 heteroatoms. The first-order valence-electron chi connectivity index (χ1n) is 7.18. The van der Waals surface area contributed by atoms with Crippen molar-refractivity contribution in [2.24, 2.45) is 0 Å². The molecule has 0 aromatic heterocycles. The first-order valence-corrected chi connectivity index (χ1v) is 7.93. The Hall–Kier alpha value is -2.17. The summed E-state index contributed by atoms with van der Waals surface area (Å²) in [5, 5.41) is 9.92. The summed E-state index contributed by atoms with van der Waals surface area (Å²) >= 11 is 11.9. The van der Waals surface area contributed by atoms with Crippen molar-refractivity contribution >= 4 is 35.2 Å². The number of aliphatic carboxylic acids is 1. The van der Waals surface area contributed by atoms with Gasteiger partial charge in [-0.05, 0) is 55.0 Å². The molecule has 0 spiro atoms. The molecule has 0 bridgehead atoms. The third-order valence-corrected chi connectivity index (χ3v) is 3.78. The summed E-state index contributed by atoms with van der Waals surface area (Å²) in [4.78, 5) is 10.6. The van der Waals surface area contributed by atoms with Crippen LogP contribution in [0.1, 0.15) is 11.1 Å². The van der Waals surface area contributed by atoms with Crippen molar-refractivity contribution in [1.29, 1.82) is 0 Å². The second-order valence-corrected chi connectivity index (χ2v) is 5.81. The van der Waals surface area contributed by atoms with E-state index in [4.69, 9.17) is 37.8 Å². The molecule has 4 nitrogen and oxygen atoms in total. The second-order valence-electron chi connectivity index (χ2n) is 4.96. The van der Waals surface area contributed by atoms with Gasteiger partial charge in [0.25, 0.3) is 0 Å². The smallest absolute Gasteiger partial charge is 0.328 e. The molecule has 0 unspecified atom stereocenters. The first-order chi connectivity index (χ1) is 11.5. The topological polar surface area (TPSA) is 55.8 Å². The van der Waals surface area contributed by atoms with Gasteiger partial charge < -0.3 is 14.6 Å². The third-order valence-electron chi connectivity index (χ3n) is 3.12. The van der Waals surface area contributed by atoms with Gasteiger partial charge in [0.2, 0.25) is 0 Å². The second kappa shape index (κ2) is 8.62. The van der Waals surface area contributed by atoms with Crippen LogP contribution in [0, 0.1) is 6.92 Å². The van der Waals surface area contributed by atoms with Crippen LogP contribution in [0.25, 0.3) is 6.08 Å². The number of hydrogen-bond acceptors (Lipinski definition) is 3. The lowest BCUT2D eigenvalue weighted by Crippen LogP contribution is -2.09. The van der Waals surface area contributed by atoms with E-state index in [0.717, 1.165) is 11.6 Å². The van der Waals surface area contributed by atoms with Crippen LogP contribution in [-0.4, -0.2) is 24.3 Å². The number of carboxylic acid groups (broad SMARTS) is 1. The highest BCUT2D eigenvalue weighted by Crippen LogP contribution is 2.24. The van der Waals surface area contributed by atoms with E-state index in [-0.39, 0.29) is 0 Å². The van der Waals surface area contributed by atoms with Gasteiger partial charge >= 0.3 is 5.97 Å². The molecule has 24 heavy (non-hydrogen) atoms. The minimum atomic E-state index is -1.04. The van der Waals surface area contributed by atoms with Gasteiger partial charge in [0.1, 0.15) is 24.7 Å². The fourth-order valence-corrected chi connectivity index (χ4v) is 2.26. The monoisotopic (exact) mass is 366 g/mol. The van der Waals surface area contributed by atoms with Crippen LogP contribution in [0.2, 0.25) is 10.0 Å². The van der Waals surface area contributed by atoms with E-state index in [2.05, 4.69) is 0 Å². The molecule has 0 atom stereocenters. The number of carbonyl (C=O) groups is 1. The molecule has 0 saturated carbocycles. The van der Waals surface area contributed by atoms with E-state index in [1.165, 1.54) is 6.08 Å². The van der Waals surface area contributed by atoms with Crippen molar-refractivity contribution in [3.8, 4) is 11.5 Å². The maximum absolute atomic E-state index is 10.6. The fourth-order valence-electron chi connectivity index (χ4n) is 1.96. The zero-order valence-corrected chi connectivity index (χ0v) is 14.5. The van der Waals surface area contributed by atoms with E-state index in [1.807, 2.05) is 13.0 Å². The Morgan fingerprint density at radius 1 is 1.12 bits per heavy atom. The van der Waals surface area contributed by atoms with E-state index in [1.54, 1.807) is 30.3 Å². The molecule has 1 N–H and O–H groups in total. The molecule has 0 fully saturated rings. The maximum atomic E-state index is 10.6. The molecule has 0 amide bonds. The van der Waals surface area contributed by atoms with Crippen molar-refractivity contribution in [2.45, 2.75) is 6.92 Å². The molecule has 0 aliphatic carbocycles. The fraction of sp³-hybridized carbons (Fsp3) is 0.167. The highest BCUT2D eigenvalue weighted by atomic mass is 35.5. The predicted molar refractivity (Wildman–Crippen MR) is 95.3 cm³/mol. The predicted octanol–water partition coefficient (Wildman–Crippen LogP) is 4.86. The number of carboxylic acids is 1. The lowest BCUT2D eigenvalue weighted by atomic mass is 10.2. The normalized spacial score (nSPS) is 10.8. The summed E-state index contributed by atoms with van der Waals surface area (Å²) in [6.45, 7) is 2.55. The average molecular weight is 367 g/mol. The van der Waals surface area contributed by atoms with E-state index in [9.17, 15) is 4.79 Å². The van der Waals surface area contributed by atoms with Gasteiger partial charge in [-0.2, -0.15) is 0 Å². The Labute approximate surface area is 150 Å². The summed E-state index contributed by atoms with van der Waals surface area (Å²) in [6.07, 6.45) is 2.47. The Bertz CT molecular complexity index is 757. The van der Waals surface area contributed by atoms with Crippen LogP contribution in [0.4, 0.5) is 0 Å². The molecule has 2 rings (SSSR count). The van der Waals surface area contributed by atoms with Gasteiger partial charge in [-0.1, -0.05) is 23.2 Å². The summed E-state index contributed by atoms with van der Waals surface area (Å²) < 4.78 is 11.2. The summed E-state index contributed by atoms with van der Waals surface area (Å²) in [5.74, 6) is 0.206. The number of aryl methyl sites for hydroxylation is 1. The van der Waals surface area contributed by atoms with Gasteiger partial charge in [0.15, 0.2) is 0 Å². The third kappa shape index (κ3) is 5.48. The van der Waals surface area contributed by atoms with E-state index >= 15 is 0 Å². The summed E-state index contributed by atoms with van der Waals surface area (Å²) in [7, 11) is 0. The number of ether oxygens (including phenoxy) is 2. The Morgan fingerprint density at radius 3 is 2.58 bits per heavy atom. The lowest BCUT2D eigenvalue weighted by Gasteiger charge is -2.11. The molecule has 2 aromatic carbocycles. The molecule has 0 saturated heterocycles. The van der Waals surface area contributed by atoms with Crippen LogP contribution in [-0.2, 0) is 4.79 Å². The Balaban J connectivity index is 1.94. The summed E-state index contributed by atoms with van der Waals surface area (Å²) in [5.41, 5.74) is 1.53. The number of benzene rings is 2. The number of halogens is 2. The van der Waals surface area contributed by atoms with Crippen LogP contribution in [0.3, 0.4) is 0 Å². The molecule has 0 aliphatic rings. The van der Waals surface area contributed by atoms with Crippen LogP contribution < -0.4 is 9.47 Å². The highest BCUT2D eigenvalue weighted by Gasteiger charge is 2.04. The Morgan fingerprint density at radius 2 is 1.88 bits per heavy atom. The van der Waals surface area contributed by atoms with Crippen molar-refractivity contribution in [3.05, 3.63) is 63.6 Å². The van der Waals surface area contributed by atoms with Crippen molar-refractivity contribution < 1.29 is 19.4 Å². The lowest BCUT2D eigenvalue weighted by molar-refractivity contribution is -0.131. The average Bonchev–Trinajstić information content (AvgIpc) is 2.54. The number of rotatable bonds is 7. The minimum absolute atomic E-state index is 0.303. The first kappa shape index (κ1) is 18.2. The quantitative estimate of drug-likeness (QED) is 0.561. The van der Waals surface area contributed by atoms with Gasteiger partial charge in [-0.3, -0.25) is 0 Å². The van der Waals surface area contributed by atoms with Crippen molar-refractivity contribution in [1.82, 2.24) is 0 Å². The molecular weight excluding hydrogens is 351 g/mol. The van der Waals surface area contributed by atoms with Crippen LogP contribution in [0.15, 0.2) is 42.5 Å². The molecule has 0 aliphatic heterocycles. The van der Waals surface area contributed by atoms with E-state index < -0.39 is 5.97 Å². The van der Waals surface area contributed by atoms with Crippen LogP contribution in [0.5, 0.6) is 11.5 Å².